The number of allylic oxidation sites excluding steroid dienone is 2. The summed E-state index contributed by atoms with van der Waals surface area (Å²) in [6, 6.07) is 8.00. The standard InChI is InChI=1S/C19H28O5.C3H6O2/c1-4-21-12-13-22-14-15-23-19-10-8-18(9-11-19)7-5-6-16(2)24-17(3)20;1-2-5-3-4/h6,8-11H,4-5,7,12-15H2,1-3H3;3H,2H2,1H3/b16-6-;. The second kappa shape index (κ2) is 19.0. The zero-order chi connectivity index (χ0) is 21.7. The van der Waals surface area contributed by atoms with Crippen LogP contribution in [-0.4, -0.2) is 52.1 Å². The maximum absolute atomic E-state index is 10.8. The number of carbonyl (C=O) groups is 2. The lowest BCUT2D eigenvalue weighted by Crippen LogP contribution is -2.10. The number of esters is 1. The van der Waals surface area contributed by atoms with Gasteiger partial charge in [0.05, 0.1) is 26.4 Å². The molecule has 0 amide bonds. The molecule has 0 heterocycles. The number of rotatable bonds is 14. The molecule has 7 heteroatoms. The summed E-state index contributed by atoms with van der Waals surface area (Å²) in [4.78, 5) is 20.0. The Labute approximate surface area is 173 Å². The lowest BCUT2D eigenvalue weighted by Gasteiger charge is -2.08. The van der Waals surface area contributed by atoms with Gasteiger partial charge in [-0.05, 0) is 57.4 Å². The van der Waals surface area contributed by atoms with Crippen molar-refractivity contribution >= 4 is 12.4 Å². The largest absolute Gasteiger partial charge is 0.491 e. The Morgan fingerprint density at radius 3 is 2.14 bits per heavy atom. The van der Waals surface area contributed by atoms with Gasteiger partial charge in [-0.15, -0.1) is 0 Å². The molecule has 0 radical (unpaired) electrons. The van der Waals surface area contributed by atoms with Gasteiger partial charge in [-0.3, -0.25) is 9.59 Å². The number of aryl methyl sites for hydroxylation is 1. The van der Waals surface area contributed by atoms with E-state index in [1.807, 2.05) is 37.3 Å². The van der Waals surface area contributed by atoms with E-state index in [1.54, 1.807) is 13.8 Å². The minimum Gasteiger partial charge on any atom is -0.491 e. The van der Waals surface area contributed by atoms with E-state index >= 15 is 0 Å². The van der Waals surface area contributed by atoms with Gasteiger partial charge < -0.3 is 23.7 Å². The Kier molecular flexibility index (Phi) is 17.4. The van der Waals surface area contributed by atoms with Crippen LogP contribution in [0.5, 0.6) is 5.75 Å². The van der Waals surface area contributed by atoms with Crippen molar-refractivity contribution in [3.8, 4) is 5.75 Å². The van der Waals surface area contributed by atoms with E-state index in [1.165, 1.54) is 12.5 Å². The van der Waals surface area contributed by atoms with Crippen LogP contribution in [0.15, 0.2) is 36.1 Å². The van der Waals surface area contributed by atoms with Gasteiger partial charge in [0.1, 0.15) is 18.1 Å². The molecule has 1 aromatic rings. The van der Waals surface area contributed by atoms with Crippen LogP contribution in [0, 0.1) is 0 Å². The highest BCUT2D eigenvalue weighted by Gasteiger charge is 1.98. The van der Waals surface area contributed by atoms with E-state index < -0.39 is 0 Å². The van der Waals surface area contributed by atoms with Gasteiger partial charge in [-0.1, -0.05) is 12.1 Å². The van der Waals surface area contributed by atoms with E-state index in [4.69, 9.17) is 18.9 Å². The van der Waals surface area contributed by atoms with Gasteiger partial charge >= 0.3 is 5.97 Å². The Morgan fingerprint density at radius 2 is 1.59 bits per heavy atom. The number of carbonyl (C=O) groups excluding carboxylic acids is 2. The molecule has 0 spiro atoms. The Bertz CT molecular complexity index is 567. The zero-order valence-electron chi connectivity index (χ0n) is 18.0. The molecule has 1 rings (SSSR count). The van der Waals surface area contributed by atoms with Crippen molar-refractivity contribution in [2.45, 2.75) is 40.5 Å². The van der Waals surface area contributed by atoms with Crippen LogP contribution in [-0.2, 0) is 35.0 Å². The van der Waals surface area contributed by atoms with Gasteiger partial charge in [0.25, 0.3) is 6.47 Å². The molecule has 1 aromatic carbocycles. The monoisotopic (exact) mass is 410 g/mol. The van der Waals surface area contributed by atoms with Crippen molar-refractivity contribution in [2.24, 2.45) is 0 Å². The molecule has 0 saturated heterocycles. The lowest BCUT2D eigenvalue weighted by atomic mass is 10.1. The van der Waals surface area contributed by atoms with Crippen LogP contribution < -0.4 is 4.74 Å². The van der Waals surface area contributed by atoms with Gasteiger partial charge in [0.15, 0.2) is 0 Å². The molecule has 0 aliphatic rings. The van der Waals surface area contributed by atoms with Crippen molar-refractivity contribution < 1.29 is 33.3 Å². The molecule has 0 atom stereocenters. The highest BCUT2D eigenvalue weighted by molar-refractivity contribution is 5.67. The van der Waals surface area contributed by atoms with Crippen molar-refractivity contribution in [3.63, 3.8) is 0 Å². The highest BCUT2D eigenvalue weighted by atomic mass is 16.5. The predicted molar refractivity (Wildman–Crippen MR) is 111 cm³/mol. The summed E-state index contributed by atoms with van der Waals surface area (Å²) in [5.41, 5.74) is 1.21. The summed E-state index contributed by atoms with van der Waals surface area (Å²) in [6.45, 7) is 10.8. The Morgan fingerprint density at radius 1 is 0.931 bits per heavy atom. The maximum atomic E-state index is 10.8. The quantitative estimate of drug-likeness (QED) is 0.200. The molecule has 0 bridgehead atoms. The van der Waals surface area contributed by atoms with E-state index in [9.17, 15) is 9.59 Å². The molecule has 0 aliphatic heterocycles. The molecule has 7 nitrogen and oxygen atoms in total. The van der Waals surface area contributed by atoms with Crippen molar-refractivity contribution in [3.05, 3.63) is 41.7 Å². The fourth-order valence-corrected chi connectivity index (χ4v) is 2.11. The van der Waals surface area contributed by atoms with Gasteiger partial charge in [-0.2, -0.15) is 0 Å². The Hall–Kier alpha value is -2.38. The first-order chi connectivity index (χ1) is 14.0. The average Bonchev–Trinajstić information content (AvgIpc) is 2.69. The normalized spacial score (nSPS) is 10.6. The first-order valence-corrected chi connectivity index (χ1v) is 9.81. The predicted octanol–water partition coefficient (Wildman–Crippen LogP) is 3.70. The van der Waals surface area contributed by atoms with Gasteiger partial charge in [0.2, 0.25) is 0 Å². The topological polar surface area (TPSA) is 80.3 Å². The molecule has 0 fully saturated rings. The number of benzene rings is 1. The summed E-state index contributed by atoms with van der Waals surface area (Å²) >= 11 is 0. The zero-order valence-corrected chi connectivity index (χ0v) is 18.0. The third-order valence-electron chi connectivity index (χ3n) is 3.40. The fraction of sp³-hybridized carbons (Fsp3) is 0.545. The van der Waals surface area contributed by atoms with Crippen molar-refractivity contribution in [1.29, 1.82) is 0 Å². The second-order valence-electron chi connectivity index (χ2n) is 5.80. The minimum absolute atomic E-state index is 0.285. The fourth-order valence-electron chi connectivity index (χ4n) is 2.11. The van der Waals surface area contributed by atoms with Crippen LogP contribution in [0.25, 0.3) is 0 Å². The molecule has 0 aliphatic carbocycles. The molecule has 29 heavy (non-hydrogen) atoms. The highest BCUT2D eigenvalue weighted by Crippen LogP contribution is 2.14. The molecule has 164 valence electrons. The summed E-state index contributed by atoms with van der Waals surface area (Å²) in [5, 5.41) is 0. The van der Waals surface area contributed by atoms with Gasteiger partial charge in [0, 0.05) is 13.5 Å². The molecule has 0 aromatic heterocycles. The third-order valence-corrected chi connectivity index (χ3v) is 3.40. The number of hydrogen-bond donors (Lipinski definition) is 0. The molecule has 0 N–H and O–H groups in total. The van der Waals surface area contributed by atoms with Crippen LogP contribution in [0.3, 0.4) is 0 Å². The minimum atomic E-state index is -0.285. The van der Waals surface area contributed by atoms with Crippen molar-refractivity contribution in [2.75, 3.05) is 39.6 Å². The number of hydrogen-bond acceptors (Lipinski definition) is 7. The van der Waals surface area contributed by atoms with E-state index in [0.29, 0.717) is 51.9 Å². The van der Waals surface area contributed by atoms with E-state index in [2.05, 4.69) is 4.74 Å². The first-order valence-electron chi connectivity index (χ1n) is 9.81. The summed E-state index contributed by atoms with van der Waals surface area (Å²) in [7, 11) is 0. The Balaban J connectivity index is 0.00000139. The van der Waals surface area contributed by atoms with Crippen LogP contribution in [0.4, 0.5) is 0 Å². The van der Waals surface area contributed by atoms with Crippen LogP contribution >= 0.6 is 0 Å². The van der Waals surface area contributed by atoms with Gasteiger partial charge in [-0.25, -0.2) is 0 Å². The smallest absolute Gasteiger partial charge is 0.307 e. The molecular weight excluding hydrogens is 376 g/mol. The molecule has 0 unspecified atom stereocenters. The van der Waals surface area contributed by atoms with Crippen LogP contribution in [0.1, 0.15) is 39.7 Å². The van der Waals surface area contributed by atoms with E-state index in [-0.39, 0.29) is 5.97 Å². The van der Waals surface area contributed by atoms with Crippen LogP contribution in [0.2, 0.25) is 0 Å². The second-order valence-corrected chi connectivity index (χ2v) is 5.80. The SMILES string of the molecule is CCOC=O.CCOCCOCCOc1ccc(CC/C=C(/C)OC(C)=O)cc1. The van der Waals surface area contributed by atoms with E-state index in [0.717, 1.165) is 18.6 Å². The van der Waals surface area contributed by atoms with Crippen molar-refractivity contribution in [1.82, 2.24) is 0 Å². The maximum Gasteiger partial charge on any atom is 0.307 e. The summed E-state index contributed by atoms with van der Waals surface area (Å²) < 4.78 is 25.3. The first kappa shape index (κ1) is 26.6. The average molecular weight is 411 g/mol. The summed E-state index contributed by atoms with van der Waals surface area (Å²) in [5.74, 6) is 1.19. The number of ether oxygens (including phenoxy) is 5. The lowest BCUT2D eigenvalue weighted by molar-refractivity contribution is -0.136. The molecule has 0 saturated carbocycles. The summed E-state index contributed by atoms with van der Waals surface area (Å²) in [6.07, 6.45) is 3.64. The third kappa shape index (κ3) is 17.5. The molecular formula is C22H34O7.